The van der Waals surface area contributed by atoms with Gasteiger partial charge in [-0.25, -0.2) is 4.79 Å². The predicted octanol–water partition coefficient (Wildman–Crippen LogP) is 2.15. The maximum Gasteiger partial charge on any atom is 0.316 e. The Kier molecular flexibility index (Phi) is 12.2. The van der Waals surface area contributed by atoms with Gasteiger partial charge in [0.05, 0.1) is 6.04 Å². The van der Waals surface area contributed by atoms with Crippen molar-refractivity contribution in [1.29, 1.82) is 0 Å². The van der Waals surface area contributed by atoms with Crippen LogP contribution in [0.15, 0.2) is 24.8 Å². The molecule has 0 radical (unpaired) electrons. The molecule has 0 aromatic heterocycles. The number of urea groups is 1. The lowest BCUT2D eigenvalue weighted by molar-refractivity contribution is -0.145. The molecule has 1 heterocycles. The minimum atomic E-state index is -1.05. The molecule has 0 aromatic rings. The Morgan fingerprint density at radius 3 is 2.16 bits per heavy atom. The molecule has 4 N–H and O–H groups in total. The highest BCUT2D eigenvalue weighted by Crippen LogP contribution is 2.65. The summed E-state index contributed by atoms with van der Waals surface area (Å²) >= 11 is 0. The van der Waals surface area contributed by atoms with E-state index in [9.17, 15) is 28.8 Å². The molecule has 1 aliphatic heterocycles. The zero-order valence-corrected chi connectivity index (χ0v) is 28.7. The van der Waals surface area contributed by atoms with Crippen LogP contribution in [0.3, 0.4) is 0 Å². The predicted molar refractivity (Wildman–Crippen MR) is 173 cm³/mol. The highest BCUT2D eigenvalue weighted by molar-refractivity contribution is 6.38. The van der Waals surface area contributed by atoms with Gasteiger partial charge in [-0.05, 0) is 55.4 Å². The van der Waals surface area contributed by atoms with Gasteiger partial charge in [0.25, 0.3) is 5.91 Å². The van der Waals surface area contributed by atoms with Crippen LogP contribution in [0.2, 0.25) is 0 Å². The molecule has 2 fully saturated rings. The first-order valence-electron chi connectivity index (χ1n) is 15.7. The van der Waals surface area contributed by atoms with Crippen molar-refractivity contribution in [2.45, 2.75) is 105 Å². The molecule has 252 valence electrons. The van der Waals surface area contributed by atoms with Crippen LogP contribution < -0.4 is 21.3 Å². The Labute approximate surface area is 268 Å². The number of fused-ring (bicyclic) bond motifs is 1. The van der Waals surface area contributed by atoms with Gasteiger partial charge in [0, 0.05) is 26.2 Å². The summed E-state index contributed by atoms with van der Waals surface area (Å²) in [5, 5.41) is 10.7. The lowest BCUT2D eigenvalue weighted by atomic mass is 9.85. The normalized spacial score (nSPS) is 21.8. The van der Waals surface area contributed by atoms with E-state index >= 15 is 0 Å². The van der Waals surface area contributed by atoms with Crippen LogP contribution in [0.5, 0.6) is 0 Å². The maximum absolute atomic E-state index is 14.2. The first-order chi connectivity index (χ1) is 20.7. The largest absolute Gasteiger partial charge is 0.346 e. The summed E-state index contributed by atoms with van der Waals surface area (Å²) in [6.45, 7) is 24.5. The molecule has 1 unspecified atom stereocenters. The number of likely N-dealkylation sites (tertiary alicyclic amines) is 1. The molecule has 6 atom stereocenters. The SMILES string of the molecule is C=CCNC(=O)C(=O)C(CCC)NC(=O)[C@@H]1[C@@H]2[C@H](CN1C(=O)[C@@H](NC(=O)N[C@@H](C(=C)C)C(=O)N(C)C(C)C)C(C)(C)C)C2(C)C. The fraction of sp³-hybridized carbons (Fsp3) is 0.697. The van der Waals surface area contributed by atoms with Crippen LogP contribution in [0.4, 0.5) is 4.79 Å². The van der Waals surface area contributed by atoms with Crippen molar-refractivity contribution in [3.05, 3.63) is 24.8 Å². The molecule has 0 bridgehead atoms. The second-order valence-corrected chi connectivity index (χ2v) is 14.3. The quantitative estimate of drug-likeness (QED) is 0.170. The number of hydrogen-bond acceptors (Lipinski definition) is 6. The van der Waals surface area contributed by atoms with Gasteiger partial charge in [0.1, 0.15) is 18.1 Å². The number of carbonyl (C=O) groups is 6. The smallest absolute Gasteiger partial charge is 0.316 e. The molecule has 2 rings (SSSR count). The van der Waals surface area contributed by atoms with Crippen molar-refractivity contribution < 1.29 is 28.8 Å². The molecule has 0 aromatic carbocycles. The second-order valence-electron chi connectivity index (χ2n) is 14.3. The number of likely N-dealkylation sites (N-methyl/N-ethyl adjacent to an activating group) is 1. The summed E-state index contributed by atoms with van der Waals surface area (Å²) in [7, 11) is 1.64. The average Bonchev–Trinajstić information content (AvgIpc) is 3.26. The highest BCUT2D eigenvalue weighted by Gasteiger charge is 2.70. The summed E-state index contributed by atoms with van der Waals surface area (Å²) in [4.78, 5) is 82.7. The van der Waals surface area contributed by atoms with Gasteiger partial charge in [-0.15, -0.1) is 6.58 Å². The number of nitrogens with one attached hydrogen (secondary N) is 4. The van der Waals surface area contributed by atoms with E-state index in [1.54, 1.807) is 34.7 Å². The van der Waals surface area contributed by atoms with Gasteiger partial charge in [0.15, 0.2) is 0 Å². The minimum Gasteiger partial charge on any atom is -0.346 e. The topological polar surface area (TPSA) is 157 Å². The van der Waals surface area contributed by atoms with Crippen LogP contribution >= 0.6 is 0 Å². The van der Waals surface area contributed by atoms with E-state index in [1.807, 2.05) is 34.6 Å². The van der Waals surface area contributed by atoms with Crippen molar-refractivity contribution in [3.63, 3.8) is 0 Å². The first kappa shape index (κ1) is 37.5. The minimum absolute atomic E-state index is 0.0554. The van der Waals surface area contributed by atoms with Crippen LogP contribution in [0.1, 0.15) is 75.2 Å². The van der Waals surface area contributed by atoms with Gasteiger partial charge >= 0.3 is 6.03 Å². The van der Waals surface area contributed by atoms with Crippen molar-refractivity contribution in [1.82, 2.24) is 31.1 Å². The number of ketones is 1. The molecule has 45 heavy (non-hydrogen) atoms. The summed E-state index contributed by atoms with van der Waals surface area (Å²) < 4.78 is 0. The molecule has 2 aliphatic rings. The Balaban J connectivity index is 2.32. The van der Waals surface area contributed by atoms with Crippen LogP contribution in [0.25, 0.3) is 0 Å². The highest BCUT2D eigenvalue weighted by atomic mass is 16.2. The zero-order chi connectivity index (χ0) is 34.6. The van der Waals surface area contributed by atoms with Crippen LogP contribution in [0, 0.1) is 22.7 Å². The number of rotatable bonds is 14. The van der Waals surface area contributed by atoms with E-state index in [4.69, 9.17) is 0 Å². The first-order valence-corrected chi connectivity index (χ1v) is 15.7. The molecule has 0 spiro atoms. The van der Waals surface area contributed by atoms with Crippen LogP contribution in [-0.2, 0) is 24.0 Å². The van der Waals surface area contributed by atoms with Crippen molar-refractivity contribution in [3.8, 4) is 0 Å². The zero-order valence-electron chi connectivity index (χ0n) is 28.7. The third kappa shape index (κ3) is 8.52. The average molecular weight is 631 g/mol. The third-order valence-corrected chi connectivity index (χ3v) is 9.13. The number of piperidine rings is 1. The molecule has 1 saturated heterocycles. The Bertz CT molecular complexity index is 1200. The molecule has 12 nitrogen and oxygen atoms in total. The number of amides is 6. The summed E-state index contributed by atoms with van der Waals surface area (Å²) in [5.74, 6) is -2.96. The Morgan fingerprint density at radius 1 is 1.07 bits per heavy atom. The molecule has 6 amide bonds. The lowest BCUT2D eigenvalue weighted by Crippen LogP contribution is -2.62. The van der Waals surface area contributed by atoms with Gasteiger partial charge < -0.3 is 31.1 Å². The molecular formula is C33H54N6O6. The number of Topliss-reactive ketones (excluding diaryl/α,β-unsaturated/α-hetero) is 1. The third-order valence-electron chi connectivity index (χ3n) is 9.13. The van der Waals surface area contributed by atoms with Gasteiger partial charge in [-0.3, -0.25) is 24.0 Å². The fourth-order valence-corrected chi connectivity index (χ4v) is 6.01. The molecule has 12 heteroatoms. The number of hydrogen-bond donors (Lipinski definition) is 4. The van der Waals surface area contributed by atoms with Crippen molar-refractivity contribution >= 4 is 35.4 Å². The van der Waals surface area contributed by atoms with E-state index in [2.05, 4.69) is 34.4 Å². The van der Waals surface area contributed by atoms with E-state index in [0.717, 1.165) is 0 Å². The molecule has 1 saturated carbocycles. The van der Waals surface area contributed by atoms with Gasteiger partial charge in [-0.2, -0.15) is 0 Å². The second kappa shape index (κ2) is 14.6. The summed E-state index contributed by atoms with van der Waals surface area (Å²) in [6.07, 6.45) is 2.25. The van der Waals surface area contributed by atoms with E-state index in [1.165, 1.54) is 15.9 Å². The maximum atomic E-state index is 14.2. The lowest BCUT2D eigenvalue weighted by Gasteiger charge is -2.38. The fourth-order valence-electron chi connectivity index (χ4n) is 6.01. The van der Waals surface area contributed by atoms with Gasteiger partial charge in [0.2, 0.25) is 23.5 Å². The monoisotopic (exact) mass is 630 g/mol. The van der Waals surface area contributed by atoms with Crippen LogP contribution in [-0.4, -0.2) is 95.6 Å². The Hall–Kier alpha value is -3.70. The number of carbonyl (C=O) groups excluding carboxylic acids is 6. The summed E-state index contributed by atoms with van der Waals surface area (Å²) in [5.41, 5.74) is -0.530. The molecule has 1 aliphatic carbocycles. The van der Waals surface area contributed by atoms with E-state index < -0.39 is 59.1 Å². The summed E-state index contributed by atoms with van der Waals surface area (Å²) in [6, 6.07) is -4.80. The van der Waals surface area contributed by atoms with Gasteiger partial charge in [-0.1, -0.05) is 60.6 Å². The number of nitrogens with zero attached hydrogens (tertiary/aromatic N) is 2. The van der Waals surface area contributed by atoms with Crippen molar-refractivity contribution in [2.24, 2.45) is 22.7 Å². The van der Waals surface area contributed by atoms with E-state index in [0.29, 0.717) is 18.5 Å². The Morgan fingerprint density at radius 2 is 1.67 bits per heavy atom. The molecular weight excluding hydrogens is 576 g/mol. The van der Waals surface area contributed by atoms with E-state index in [-0.39, 0.29) is 42.2 Å². The van der Waals surface area contributed by atoms with Crippen molar-refractivity contribution in [2.75, 3.05) is 20.1 Å². The standard InChI is InChI=1S/C33H54N6O6/c1-13-15-21(25(40)28(42)34-16-14-2)35-27(41)24-22-20(33(22,10)11)17-39(24)30(44)26(32(7,8)9)37-31(45)36-23(18(3)4)29(43)38(12)19(5)6/h14,19-24,26H,2-3,13,15-17H2,1,4-12H3,(H,34,42)(H,35,41)(H2,36,37,45)/t20-,21?,22-,23-,24-,26+/m0/s1.